The molecule has 0 fully saturated rings. The highest BCUT2D eigenvalue weighted by Crippen LogP contribution is 2.21. The molecule has 2 N–H and O–H groups in total. The Morgan fingerprint density at radius 1 is 1.42 bits per heavy atom. The van der Waals surface area contributed by atoms with Gasteiger partial charge in [0.15, 0.2) is 0 Å². The van der Waals surface area contributed by atoms with E-state index in [1.807, 2.05) is 0 Å². The van der Waals surface area contributed by atoms with Crippen LogP contribution in [0.15, 0.2) is 11.6 Å². The highest BCUT2D eigenvalue weighted by molar-refractivity contribution is 5.76. The normalized spacial score (nSPS) is 35.5. The number of carbonyl (C=O) groups excluding carboxylic acids is 2. The van der Waals surface area contributed by atoms with Gasteiger partial charge in [-0.3, -0.25) is 4.79 Å². The van der Waals surface area contributed by atoms with E-state index in [9.17, 15) is 19.8 Å². The second-order valence-corrected chi connectivity index (χ2v) is 2.83. The summed E-state index contributed by atoms with van der Waals surface area (Å²) in [6.45, 7) is 0. The minimum absolute atomic E-state index is 0.120. The summed E-state index contributed by atoms with van der Waals surface area (Å²) in [6.07, 6.45) is 0.572. The molecule has 1 aliphatic carbocycles. The van der Waals surface area contributed by atoms with Gasteiger partial charge in [-0.25, -0.2) is 0 Å². The molecule has 4 nitrogen and oxygen atoms in total. The minimum Gasteiger partial charge on any atom is -0.388 e. The van der Waals surface area contributed by atoms with Crippen LogP contribution in [0.25, 0.3) is 0 Å². The third-order valence-corrected chi connectivity index (χ3v) is 1.99. The average Bonchev–Trinajstić information content (AvgIpc) is 2.08. The third kappa shape index (κ3) is 1.60. The maximum Gasteiger partial charge on any atom is 0.148 e. The van der Waals surface area contributed by atoms with Crippen molar-refractivity contribution in [3.05, 3.63) is 11.6 Å². The lowest BCUT2D eigenvalue weighted by Gasteiger charge is -2.24. The summed E-state index contributed by atoms with van der Waals surface area (Å²) in [5, 5.41) is 18.4. The van der Waals surface area contributed by atoms with Crippen LogP contribution in [0, 0.1) is 5.92 Å². The molecule has 0 saturated heterocycles. The molecule has 0 aromatic rings. The number of aliphatic hydroxyl groups excluding tert-OH is 2. The van der Waals surface area contributed by atoms with Crippen LogP contribution in [0.3, 0.4) is 0 Å². The smallest absolute Gasteiger partial charge is 0.148 e. The second-order valence-electron chi connectivity index (χ2n) is 2.83. The lowest BCUT2D eigenvalue weighted by atomic mass is 9.87. The summed E-state index contributed by atoms with van der Waals surface area (Å²) in [5.74, 6) is -0.594. The van der Waals surface area contributed by atoms with Crippen molar-refractivity contribution in [1.29, 1.82) is 0 Å². The minimum atomic E-state index is -0.939. The summed E-state index contributed by atoms with van der Waals surface area (Å²) in [4.78, 5) is 20.6. The SMILES string of the molecule is O=CC1=CC(O)C(C=O)CC1O. The van der Waals surface area contributed by atoms with Crippen LogP contribution < -0.4 is 0 Å². The van der Waals surface area contributed by atoms with Crippen LogP contribution >= 0.6 is 0 Å². The second kappa shape index (κ2) is 3.60. The third-order valence-electron chi connectivity index (χ3n) is 1.99. The average molecular weight is 170 g/mol. The van der Waals surface area contributed by atoms with E-state index in [1.165, 1.54) is 6.08 Å². The van der Waals surface area contributed by atoms with Gasteiger partial charge in [0.2, 0.25) is 0 Å². The molecule has 1 aliphatic rings. The molecule has 0 aliphatic heterocycles. The zero-order valence-electron chi connectivity index (χ0n) is 6.38. The molecule has 0 aromatic carbocycles. The number of aliphatic hydroxyl groups is 2. The van der Waals surface area contributed by atoms with Gasteiger partial charge < -0.3 is 15.0 Å². The quantitative estimate of drug-likeness (QED) is 0.524. The number of hydrogen-bond donors (Lipinski definition) is 2. The van der Waals surface area contributed by atoms with Crippen LogP contribution in [0.4, 0.5) is 0 Å². The van der Waals surface area contributed by atoms with E-state index in [4.69, 9.17) is 0 Å². The highest BCUT2D eigenvalue weighted by atomic mass is 16.3. The maximum absolute atomic E-state index is 10.3. The van der Waals surface area contributed by atoms with Gasteiger partial charge in [-0.15, -0.1) is 0 Å². The zero-order chi connectivity index (χ0) is 9.14. The molecular weight excluding hydrogens is 160 g/mol. The first-order chi connectivity index (χ1) is 5.69. The molecule has 3 unspecified atom stereocenters. The Hall–Kier alpha value is -1.00. The van der Waals surface area contributed by atoms with Crippen molar-refractivity contribution in [2.75, 3.05) is 0 Å². The summed E-state index contributed by atoms with van der Waals surface area (Å²) >= 11 is 0. The number of hydrogen-bond acceptors (Lipinski definition) is 4. The first kappa shape index (κ1) is 9.09. The Kier molecular flexibility index (Phi) is 2.73. The zero-order valence-corrected chi connectivity index (χ0v) is 6.38. The highest BCUT2D eigenvalue weighted by Gasteiger charge is 2.28. The molecule has 0 amide bonds. The Morgan fingerprint density at radius 3 is 2.58 bits per heavy atom. The molecular formula is C8H10O4. The molecule has 0 heterocycles. The monoisotopic (exact) mass is 170 g/mol. The molecule has 1 rings (SSSR count). The van der Waals surface area contributed by atoms with Crippen molar-refractivity contribution >= 4 is 12.6 Å². The van der Waals surface area contributed by atoms with E-state index in [1.54, 1.807) is 0 Å². The van der Waals surface area contributed by atoms with Gasteiger partial charge in [-0.05, 0) is 12.5 Å². The first-order valence-electron chi connectivity index (χ1n) is 3.67. The summed E-state index contributed by atoms with van der Waals surface area (Å²) in [6, 6.07) is 0. The van der Waals surface area contributed by atoms with Crippen molar-refractivity contribution in [2.45, 2.75) is 18.6 Å². The number of rotatable bonds is 2. The number of carbonyl (C=O) groups is 2. The Morgan fingerprint density at radius 2 is 2.08 bits per heavy atom. The van der Waals surface area contributed by atoms with E-state index in [2.05, 4.69) is 0 Å². The van der Waals surface area contributed by atoms with Crippen LogP contribution in [-0.2, 0) is 9.59 Å². The standard InChI is InChI=1S/C8H10O4/c9-3-5-1-7(11)6(4-10)2-8(5)12/h1,3-4,6-8,11-12H,2H2. The van der Waals surface area contributed by atoms with Gasteiger partial charge in [0.1, 0.15) is 12.6 Å². The fourth-order valence-corrected chi connectivity index (χ4v) is 1.22. The first-order valence-corrected chi connectivity index (χ1v) is 3.67. The predicted molar refractivity (Wildman–Crippen MR) is 40.3 cm³/mol. The fraction of sp³-hybridized carbons (Fsp3) is 0.500. The molecule has 66 valence electrons. The van der Waals surface area contributed by atoms with Crippen LogP contribution in [-0.4, -0.2) is 35.0 Å². The van der Waals surface area contributed by atoms with Gasteiger partial charge in [0, 0.05) is 11.5 Å². The maximum atomic E-state index is 10.3. The van der Waals surface area contributed by atoms with Crippen molar-refractivity contribution in [1.82, 2.24) is 0 Å². The molecule has 12 heavy (non-hydrogen) atoms. The van der Waals surface area contributed by atoms with Crippen molar-refractivity contribution in [2.24, 2.45) is 5.92 Å². The van der Waals surface area contributed by atoms with E-state index >= 15 is 0 Å². The predicted octanol–water partition coefficient (Wildman–Crippen LogP) is -0.948. The van der Waals surface area contributed by atoms with Crippen molar-refractivity contribution < 1.29 is 19.8 Å². The summed E-state index contributed by atoms with van der Waals surface area (Å²) in [7, 11) is 0. The van der Waals surface area contributed by atoms with Crippen molar-refractivity contribution in [3.8, 4) is 0 Å². The Balaban J connectivity index is 2.82. The molecule has 0 spiro atoms. The van der Waals surface area contributed by atoms with Gasteiger partial charge in [0.05, 0.1) is 12.2 Å². The van der Waals surface area contributed by atoms with E-state index < -0.39 is 18.1 Å². The van der Waals surface area contributed by atoms with Gasteiger partial charge >= 0.3 is 0 Å². The molecule has 4 heteroatoms. The van der Waals surface area contributed by atoms with Gasteiger partial charge in [-0.1, -0.05) is 0 Å². The summed E-state index contributed by atoms with van der Waals surface area (Å²) in [5.41, 5.74) is 0.153. The van der Waals surface area contributed by atoms with Crippen LogP contribution in [0.5, 0.6) is 0 Å². The van der Waals surface area contributed by atoms with Crippen LogP contribution in [0.1, 0.15) is 6.42 Å². The van der Waals surface area contributed by atoms with E-state index in [0.717, 1.165) is 0 Å². The molecule has 0 aromatic heterocycles. The Labute approximate surface area is 69.5 Å². The summed E-state index contributed by atoms with van der Waals surface area (Å²) < 4.78 is 0. The Bertz CT molecular complexity index is 221. The topological polar surface area (TPSA) is 74.6 Å². The molecule has 0 bridgehead atoms. The van der Waals surface area contributed by atoms with E-state index in [-0.39, 0.29) is 12.0 Å². The lowest BCUT2D eigenvalue weighted by Crippen LogP contribution is -2.32. The molecule has 0 saturated carbocycles. The van der Waals surface area contributed by atoms with Gasteiger partial charge in [0.25, 0.3) is 0 Å². The van der Waals surface area contributed by atoms with Crippen LogP contribution in [0.2, 0.25) is 0 Å². The van der Waals surface area contributed by atoms with Gasteiger partial charge in [-0.2, -0.15) is 0 Å². The van der Waals surface area contributed by atoms with Crippen molar-refractivity contribution in [3.63, 3.8) is 0 Å². The molecule has 3 atom stereocenters. The largest absolute Gasteiger partial charge is 0.388 e. The fourth-order valence-electron chi connectivity index (χ4n) is 1.22. The lowest BCUT2D eigenvalue weighted by molar-refractivity contribution is -0.115. The van der Waals surface area contributed by atoms with E-state index in [0.29, 0.717) is 12.6 Å². The molecule has 0 radical (unpaired) electrons. The number of aldehydes is 2.